The Hall–Kier alpha value is -1.10. The molecule has 1 aliphatic carbocycles. The molecule has 0 aromatic heterocycles. The highest BCUT2D eigenvalue weighted by Crippen LogP contribution is 2.34. The second kappa shape index (κ2) is 5.27. The summed E-state index contributed by atoms with van der Waals surface area (Å²) in [5, 5.41) is 3.54. The second-order valence-electron chi connectivity index (χ2n) is 7.38. The van der Waals surface area contributed by atoms with Crippen LogP contribution in [0.4, 0.5) is 0 Å². The van der Waals surface area contributed by atoms with Gasteiger partial charge >= 0.3 is 0 Å². The van der Waals surface area contributed by atoms with Crippen LogP contribution in [-0.2, 0) is 9.59 Å². The summed E-state index contributed by atoms with van der Waals surface area (Å²) >= 11 is 0. The van der Waals surface area contributed by atoms with Crippen molar-refractivity contribution in [2.24, 2.45) is 5.92 Å². The molecule has 3 unspecified atom stereocenters. The van der Waals surface area contributed by atoms with Crippen molar-refractivity contribution < 1.29 is 9.59 Å². The third kappa shape index (κ3) is 2.45. The van der Waals surface area contributed by atoms with Crippen molar-refractivity contribution in [2.45, 2.75) is 63.6 Å². The highest BCUT2D eigenvalue weighted by Gasteiger charge is 2.47. The number of nitrogens with zero attached hydrogens (tertiary/aromatic N) is 2. The molecule has 0 radical (unpaired) electrons. The lowest BCUT2D eigenvalue weighted by Gasteiger charge is -2.45. The first-order valence-corrected chi connectivity index (χ1v) is 8.24. The zero-order valence-electron chi connectivity index (χ0n) is 13.4. The molecule has 0 spiro atoms. The average Bonchev–Trinajstić information content (AvgIpc) is 2.88. The van der Waals surface area contributed by atoms with Gasteiger partial charge in [0, 0.05) is 26.2 Å². The maximum Gasteiger partial charge on any atom is 0.247 e. The number of likely N-dealkylation sites (N-methyl/N-ethyl adjacent to an activating group) is 1. The fourth-order valence-electron chi connectivity index (χ4n) is 4.30. The average molecular weight is 293 g/mol. The number of piperazine rings is 1. The minimum absolute atomic E-state index is 0.0394. The van der Waals surface area contributed by atoms with Gasteiger partial charge in [-0.15, -0.1) is 0 Å². The topological polar surface area (TPSA) is 52.6 Å². The number of fused-ring (bicyclic) bond motifs is 1. The minimum Gasteiger partial charge on any atom is -0.342 e. The lowest BCUT2D eigenvalue weighted by Crippen LogP contribution is -2.65. The van der Waals surface area contributed by atoms with Crippen molar-refractivity contribution in [1.29, 1.82) is 0 Å². The van der Waals surface area contributed by atoms with Gasteiger partial charge in [0.15, 0.2) is 0 Å². The van der Waals surface area contributed by atoms with Gasteiger partial charge in [-0.25, -0.2) is 0 Å². The van der Waals surface area contributed by atoms with Crippen molar-refractivity contribution in [2.75, 3.05) is 20.1 Å². The molecule has 2 heterocycles. The van der Waals surface area contributed by atoms with Gasteiger partial charge in [-0.1, -0.05) is 12.8 Å². The molecule has 1 N–H and O–H groups in total. The first kappa shape index (κ1) is 14.8. The SMILES string of the molecule is CN1CCN(C(=O)C2CC3CCCCC3N2)C(C)(C)C1=O. The Balaban J connectivity index is 1.72. The predicted molar refractivity (Wildman–Crippen MR) is 80.7 cm³/mol. The van der Waals surface area contributed by atoms with Crippen molar-refractivity contribution >= 4 is 11.8 Å². The monoisotopic (exact) mass is 293 g/mol. The van der Waals surface area contributed by atoms with Gasteiger partial charge in [0.25, 0.3) is 0 Å². The van der Waals surface area contributed by atoms with E-state index < -0.39 is 5.54 Å². The molecular formula is C16H27N3O2. The molecule has 3 atom stereocenters. The third-order valence-corrected chi connectivity index (χ3v) is 5.63. The molecule has 118 valence electrons. The summed E-state index contributed by atoms with van der Waals surface area (Å²) in [6.45, 7) is 5.00. The van der Waals surface area contributed by atoms with Crippen LogP contribution >= 0.6 is 0 Å². The maximum absolute atomic E-state index is 12.9. The Morgan fingerprint density at radius 2 is 1.95 bits per heavy atom. The zero-order valence-corrected chi connectivity index (χ0v) is 13.4. The summed E-state index contributed by atoms with van der Waals surface area (Å²) in [4.78, 5) is 28.8. The van der Waals surface area contributed by atoms with Gasteiger partial charge in [0.1, 0.15) is 5.54 Å². The highest BCUT2D eigenvalue weighted by molar-refractivity contribution is 5.93. The van der Waals surface area contributed by atoms with E-state index in [1.54, 1.807) is 9.80 Å². The number of carbonyl (C=O) groups excluding carboxylic acids is 2. The summed E-state index contributed by atoms with van der Waals surface area (Å²) in [6.07, 6.45) is 5.95. The Morgan fingerprint density at radius 1 is 1.24 bits per heavy atom. The van der Waals surface area contributed by atoms with Crippen LogP contribution in [0.3, 0.4) is 0 Å². The molecule has 5 heteroatoms. The zero-order chi connectivity index (χ0) is 15.2. The van der Waals surface area contributed by atoms with Crippen molar-refractivity contribution in [1.82, 2.24) is 15.1 Å². The Bertz CT molecular complexity index is 435. The van der Waals surface area contributed by atoms with Crippen molar-refractivity contribution in [3.63, 3.8) is 0 Å². The van der Waals surface area contributed by atoms with Gasteiger partial charge in [-0.2, -0.15) is 0 Å². The first-order valence-electron chi connectivity index (χ1n) is 8.24. The normalized spacial score (nSPS) is 35.8. The predicted octanol–water partition coefficient (Wildman–Crippen LogP) is 0.986. The smallest absolute Gasteiger partial charge is 0.247 e. The number of carbonyl (C=O) groups is 2. The fourth-order valence-corrected chi connectivity index (χ4v) is 4.30. The molecule has 2 amide bonds. The van der Waals surface area contributed by atoms with Crippen LogP contribution in [0.1, 0.15) is 46.0 Å². The molecule has 3 rings (SSSR count). The van der Waals surface area contributed by atoms with E-state index in [4.69, 9.17) is 0 Å². The van der Waals surface area contributed by atoms with Crippen molar-refractivity contribution in [3.05, 3.63) is 0 Å². The lowest BCUT2D eigenvalue weighted by atomic mass is 9.85. The number of nitrogens with one attached hydrogen (secondary N) is 1. The quantitative estimate of drug-likeness (QED) is 0.784. The molecule has 1 saturated carbocycles. The van der Waals surface area contributed by atoms with Crippen LogP contribution in [0, 0.1) is 5.92 Å². The van der Waals surface area contributed by atoms with Crippen LogP contribution in [0.25, 0.3) is 0 Å². The minimum atomic E-state index is -0.723. The summed E-state index contributed by atoms with van der Waals surface area (Å²) in [7, 11) is 1.81. The molecule has 2 aliphatic heterocycles. The van der Waals surface area contributed by atoms with Crippen LogP contribution in [-0.4, -0.2) is 59.4 Å². The Morgan fingerprint density at radius 3 is 2.67 bits per heavy atom. The molecule has 21 heavy (non-hydrogen) atoms. The van der Waals surface area contributed by atoms with E-state index in [2.05, 4.69) is 5.32 Å². The van der Waals surface area contributed by atoms with Crippen molar-refractivity contribution in [3.8, 4) is 0 Å². The van der Waals surface area contributed by atoms with E-state index in [1.807, 2.05) is 20.9 Å². The van der Waals surface area contributed by atoms with Crippen LogP contribution in [0.15, 0.2) is 0 Å². The first-order chi connectivity index (χ1) is 9.91. The molecule has 0 aromatic carbocycles. The fraction of sp³-hybridized carbons (Fsp3) is 0.875. The number of hydrogen-bond acceptors (Lipinski definition) is 3. The second-order valence-corrected chi connectivity index (χ2v) is 7.38. The highest BCUT2D eigenvalue weighted by atomic mass is 16.2. The van der Waals surface area contributed by atoms with Crippen LogP contribution < -0.4 is 5.32 Å². The van der Waals surface area contributed by atoms with Gasteiger partial charge in [-0.05, 0) is 39.0 Å². The Labute approximate surface area is 127 Å². The molecular weight excluding hydrogens is 266 g/mol. The molecule has 5 nitrogen and oxygen atoms in total. The van der Waals surface area contributed by atoms with Gasteiger partial charge in [0.05, 0.1) is 6.04 Å². The largest absolute Gasteiger partial charge is 0.342 e. The summed E-state index contributed by atoms with van der Waals surface area (Å²) < 4.78 is 0. The molecule has 0 aromatic rings. The van der Waals surface area contributed by atoms with E-state index in [1.165, 1.54) is 25.7 Å². The number of hydrogen-bond donors (Lipinski definition) is 1. The van der Waals surface area contributed by atoms with E-state index in [0.29, 0.717) is 25.0 Å². The molecule has 3 fully saturated rings. The maximum atomic E-state index is 12.9. The Kier molecular flexibility index (Phi) is 3.72. The van der Waals surface area contributed by atoms with Crippen LogP contribution in [0.5, 0.6) is 0 Å². The van der Waals surface area contributed by atoms with Gasteiger partial charge in [0.2, 0.25) is 11.8 Å². The van der Waals surface area contributed by atoms with E-state index in [0.717, 1.165) is 6.42 Å². The summed E-state index contributed by atoms with van der Waals surface area (Å²) in [6, 6.07) is 0.424. The molecule has 3 aliphatic rings. The van der Waals surface area contributed by atoms with Gasteiger partial charge in [-0.3, -0.25) is 9.59 Å². The molecule has 2 saturated heterocycles. The van der Waals surface area contributed by atoms with E-state index in [9.17, 15) is 9.59 Å². The molecule has 0 bridgehead atoms. The van der Waals surface area contributed by atoms with E-state index in [-0.39, 0.29) is 17.9 Å². The van der Waals surface area contributed by atoms with E-state index >= 15 is 0 Å². The van der Waals surface area contributed by atoms with Gasteiger partial charge < -0.3 is 15.1 Å². The summed E-state index contributed by atoms with van der Waals surface area (Å²) in [5.74, 6) is 0.812. The third-order valence-electron chi connectivity index (χ3n) is 5.63. The number of amides is 2. The standard InChI is InChI=1S/C16H27N3O2/c1-16(2)15(21)18(3)8-9-19(16)14(20)13-10-11-6-4-5-7-12(11)17-13/h11-13,17H,4-10H2,1-3H3. The summed E-state index contributed by atoms with van der Waals surface area (Å²) in [5.41, 5.74) is -0.723. The lowest BCUT2D eigenvalue weighted by molar-refractivity contribution is -0.158. The number of rotatable bonds is 1. The van der Waals surface area contributed by atoms with Crippen LogP contribution in [0.2, 0.25) is 0 Å².